The minimum absolute atomic E-state index is 0.159. The summed E-state index contributed by atoms with van der Waals surface area (Å²) in [6.07, 6.45) is -0.955. The Morgan fingerprint density at radius 1 is 1.18 bits per heavy atom. The van der Waals surface area contributed by atoms with E-state index in [4.69, 9.17) is 16.3 Å². The molecule has 3 rings (SSSR count). The third kappa shape index (κ3) is 4.77. The van der Waals surface area contributed by atoms with Gasteiger partial charge in [0.25, 0.3) is 5.91 Å². The van der Waals surface area contributed by atoms with E-state index in [-0.39, 0.29) is 5.69 Å². The molecule has 0 aliphatic carbocycles. The fourth-order valence-electron chi connectivity index (χ4n) is 2.50. The monoisotopic (exact) mass is 414 g/mol. The molecule has 0 saturated heterocycles. The zero-order valence-corrected chi connectivity index (χ0v) is 17.2. The molecule has 0 radical (unpaired) electrons. The first-order chi connectivity index (χ1) is 13.3. The van der Waals surface area contributed by atoms with Gasteiger partial charge in [-0.15, -0.1) is 11.3 Å². The number of benzene rings is 2. The molecular formula is C21H19ClN2O3S. The lowest BCUT2D eigenvalue weighted by Gasteiger charge is -2.14. The van der Waals surface area contributed by atoms with E-state index in [2.05, 4.69) is 10.3 Å². The molecule has 1 N–H and O–H groups in total. The van der Waals surface area contributed by atoms with Crippen molar-refractivity contribution in [2.75, 3.05) is 5.32 Å². The minimum atomic E-state index is -0.955. The number of carbonyl (C=O) groups is 2. The number of thiazole rings is 1. The van der Waals surface area contributed by atoms with E-state index in [0.29, 0.717) is 15.7 Å². The SMILES string of the molecule is Cc1ccc(C)c(NC(=O)[C@H](C)OC(=O)c2csc(-c3cccc(Cl)c3)n2)c1. The highest BCUT2D eigenvalue weighted by Crippen LogP contribution is 2.26. The van der Waals surface area contributed by atoms with Gasteiger partial charge in [-0.3, -0.25) is 4.79 Å². The molecule has 1 atom stereocenters. The van der Waals surface area contributed by atoms with Crippen LogP contribution in [0.4, 0.5) is 5.69 Å². The summed E-state index contributed by atoms with van der Waals surface area (Å²) < 4.78 is 5.28. The summed E-state index contributed by atoms with van der Waals surface area (Å²) in [6.45, 7) is 5.37. The van der Waals surface area contributed by atoms with Gasteiger partial charge in [-0.25, -0.2) is 9.78 Å². The zero-order valence-electron chi connectivity index (χ0n) is 15.7. The lowest BCUT2D eigenvalue weighted by molar-refractivity contribution is -0.123. The van der Waals surface area contributed by atoms with Crippen LogP contribution in [0.1, 0.15) is 28.5 Å². The topological polar surface area (TPSA) is 68.3 Å². The fraction of sp³-hybridized carbons (Fsp3) is 0.190. The summed E-state index contributed by atoms with van der Waals surface area (Å²) in [5, 5.41) is 5.65. The largest absolute Gasteiger partial charge is 0.448 e. The van der Waals surface area contributed by atoms with Crippen molar-refractivity contribution in [1.29, 1.82) is 0 Å². The fourth-order valence-corrected chi connectivity index (χ4v) is 3.48. The summed E-state index contributed by atoms with van der Waals surface area (Å²) in [4.78, 5) is 29.0. The van der Waals surface area contributed by atoms with Crippen molar-refractivity contribution in [1.82, 2.24) is 4.98 Å². The quantitative estimate of drug-likeness (QED) is 0.578. The van der Waals surface area contributed by atoms with Gasteiger partial charge in [-0.2, -0.15) is 0 Å². The number of esters is 1. The Labute approximate surface area is 172 Å². The van der Waals surface area contributed by atoms with Gasteiger partial charge in [-0.05, 0) is 50.1 Å². The first-order valence-corrected chi connectivity index (χ1v) is 9.90. The maximum Gasteiger partial charge on any atom is 0.358 e. The van der Waals surface area contributed by atoms with Crippen molar-refractivity contribution in [3.8, 4) is 10.6 Å². The number of rotatable bonds is 5. The van der Waals surface area contributed by atoms with Crippen LogP contribution in [-0.2, 0) is 9.53 Å². The first-order valence-electron chi connectivity index (χ1n) is 8.64. The molecule has 0 unspecified atom stereocenters. The van der Waals surface area contributed by atoms with Gasteiger partial charge in [0.2, 0.25) is 0 Å². The van der Waals surface area contributed by atoms with Crippen molar-refractivity contribution in [3.63, 3.8) is 0 Å². The lowest BCUT2D eigenvalue weighted by Crippen LogP contribution is -2.30. The van der Waals surface area contributed by atoms with E-state index >= 15 is 0 Å². The van der Waals surface area contributed by atoms with Crippen LogP contribution in [0, 0.1) is 13.8 Å². The molecule has 1 heterocycles. The average molecular weight is 415 g/mol. The van der Waals surface area contributed by atoms with Gasteiger partial charge in [-0.1, -0.05) is 35.9 Å². The van der Waals surface area contributed by atoms with E-state index in [1.165, 1.54) is 18.3 Å². The molecule has 0 spiro atoms. The number of hydrogen-bond donors (Lipinski definition) is 1. The molecule has 0 saturated carbocycles. The van der Waals surface area contributed by atoms with Crippen LogP contribution < -0.4 is 5.32 Å². The number of nitrogens with zero attached hydrogens (tertiary/aromatic N) is 1. The third-order valence-electron chi connectivity index (χ3n) is 4.09. The molecule has 1 amide bonds. The molecular weight excluding hydrogens is 396 g/mol. The smallest absolute Gasteiger partial charge is 0.358 e. The van der Waals surface area contributed by atoms with Crippen molar-refractivity contribution in [2.45, 2.75) is 26.9 Å². The highest BCUT2D eigenvalue weighted by atomic mass is 35.5. The first kappa shape index (κ1) is 20.0. The number of anilines is 1. The zero-order chi connectivity index (χ0) is 20.3. The van der Waals surface area contributed by atoms with Crippen molar-refractivity contribution in [3.05, 3.63) is 69.7 Å². The van der Waals surface area contributed by atoms with Crippen molar-refractivity contribution >= 4 is 40.5 Å². The van der Waals surface area contributed by atoms with Gasteiger partial charge in [0.1, 0.15) is 5.01 Å². The standard InChI is InChI=1S/C21H19ClN2O3S/c1-12-7-8-13(2)17(9-12)23-19(25)14(3)27-21(26)18-11-28-20(24-18)15-5-4-6-16(22)10-15/h4-11,14H,1-3H3,(H,23,25)/t14-/m0/s1. The number of carbonyl (C=O) groups excluding carboxylic acids is 2. The summed E-state index contributed by atoms with van der Waals surface area (Å²) in [5.74, 6) is -1.04. The Kier molecular flexibility index (Phi) is 6.11. The summed E-state index contributed by atoms with van der Waals surface area (Å²) >= 11 is 7.31. The predicted molar refractivity (Wildman–Crippen MR) is 112 cm³/mol. The molecule has 7 heteroatoms. The van der Waals surface area contributed by atoms with Gasteiger partial charge >= 0.3 is 5.97 Å². The average Bonchev–Trinajstić information content (AvgIpc) is 3.15. The Balaban J connectivity index is 1.65. The van der Waals surface area contributed by atoms with E-state index in [0.717, 1.165) is 16.7 Å². The van der Waals surface area contributed by atoms with Crippen LogP contribution in [0.2, 0.25) is 5.02 Å². The van der Waals surface area contributed by atoms with E-state index in [1.54, 1.807) is 17.5 Å². The van der Waals surface area contributed by atoms with Crippen LogP contribution in [0.15, 0.2) is 47.8 Å². The molecule has 28 heavy (non-hydrogen) atoms. The number of amides is 1. The number of aromatic nitrogens is 1. The molecule has 1 aromatic heterocycles. The molecule has 0 aliphatic heterocycles. The highest BCUT2D eigenvalue weighted by Gasteiger charge is 2.21. The Hall–Kier alpha value is -2.70. The lowest BCUT2D eigenvalue weighted by atomic mass is 10.1. The van der Waals surface area contributed by atoms with Crippen molar-refractivity contribution < 1.29 is 14.3 Å². The third-order valence-corrected chi connectivity index (χ3v) is 5.22. The number of ether oxygens (including phenoxy) is 1. The van der Waals surface area contributed by atoms with E-state index < -0.39 is 18.0 Å². The normalized spacial score (nSPS) is 11.7. The van der Waals surface area contributed by atoms with Crippen LogP contribution in [0.3, 0.4) is 0 Å². The second-order valence-corrected chi connectivity index (χ2v) is 7.70. The molecule has 3 aromatic rings. The Bertz CT molecular complexity index is 1030. The summed E-state index contributed by atoms with van der Waals surface area (Å²) in [6, 6.07) is 13.0. The summed E-state index contributed by atoms with van der Waals surface area (Å²) in [5.41, 5.74) is 3.64. The highest BCUT2D eigenvalue weighted by molar-refractivity contribution is 7.13. The number of hydrogen-bond acceptors (Lipinski definition) is 5. The maximum absolute atomic E-state index is 12.4. The van der Waals surface area contributed by atoms with Crippen LogP contribution in [-0.4, -0.2) is 23.0 Å². The van der Waals surface area contributed by atoms with Gasteiger partial charge in [0.15, 0.2) is 11.8 Å². The van der Waals surface area contributed by atoms with Gasteiger partial charge in [0, 0.05) is 21.7 Å². The van der Waals surface area contributed by atoms with Gasteiger partial charge < -0.3 is 10.1 Å². The van der Waals surface area contributed by atoms with Crippen LogP contribution in [0.25, 0.3) is 10.6 Å². The molecule has 144 valence electrons. The Morgan fingerprint density at radius 2 is 1.96 bits per heavy atom. The maximum atomic E-state index is 12.4. The van der Waals surface area contributed by atoms with Gasteiger partial charge in [0.05, 0.1) is 0 Å². The second kappa shape index (κ2) is 8.54. The molecule has 2 aromatic carbocycles. The molecule has 0 bridgehead atoms. The van der Waals surface area contributed by atoms with Crippen molar-refractivity contribution in [2.24, 2.45) is 0 Å². The summed E-state index contributed by atoms with van der Waals surface area (Å²) in [7, 11) is 0. The number of halogens is 1. The van der Waals surface area contributed by atoms with Crippen LogP contribution >= 0.6 is 22.9 Å². The number of aryl methyl sites for hydroxylation is 2. The molecule has 5 nitrogen and oxygen atoms in total. The Morgan fingerprint density at radius 3 is 2.71 bits per heavy atom. The van der Waals surface area contributed by atoms with Crippen LogP contribution in [0.5, 0.6) is 0 Å². The minimum Gasteiger partial charge on any atom is -0.448 e. The van der Waals surface area contributed by atoms with E-state index in [1.807, 2.05) is 44.2 Å². The molecule has 0 fully saturated rings. The predicted octanol–water partition coefficient (Wildman–Crippen LogP) is 5.26. The number of nitrogens with one attached hydrogen (secondary N) is 1. The second-order valence-electron chi connectivity index (χ2n) is 6.40. The molecule has 0 aliphatic rings. The van der Waals surface area contributed by atoms with E-state index in [9.17, 15) is 9.59 Å².